The van der Waals surface area contributed by atoms with Crippen LogP contribution in [-0.2, 0) is 21.0 Å². The van der Waals surface area contributed by atoms with Crippen molar-refractivity contribution in [1.29, 1.82) is 0 Å². The SMILES string of the molecule is O=C1[C@@H]2[C@@H]3C[C@@H]([C@H]4ON=C(c5ccc(Cl)cc5)[C@@H]34)[C@@H]2C(=O)N1Cc1ccccc1. The molecular formula is C23H19ClN2O3. The van der Waals surface area contributed by atoms with Crippen molar-refractivity contribution in [3.63, 3.8) is 0 Å². The lowest BCUT2D eigenvalue weighted by Crippen LogP contribution is -2.41. The minimum absolute atomic E-state index is 0.0304. The van der Waals surface area contributed by atoms with Crippen LogP contribution in [-0.4, -0.2) is 28.5 Å². The first kappa shape index (κ1) is 17.2. The molecule has 29 heavy (non-hydrogen) atoms. The van der Waals surface area contributed by atoms with E-state index in [0.29, 0.717) is 11.6 Å². The van der Waals surface area contributed by atoms with Crippen LogP contribution >= 0.6 is 11.6 Å². The second-order valence-electron chi connectivity index (χ2n) is 8.44. The van der Waals surface area contributed by atoms with Crippen molar-refractivity contribution in [2.75, 3.05) is 0 Å². The molecule has 5 nitrogen and oxygen atoms in total. The Balaban J connectivity index is 1.30. The quantitative estimate of drug-likeness (QED) is 0.733. The van der Waals surface area contributed by atoms with Gasteiger partial charge in [0.1, 0.15) is 6.10 Å². The fourth-order valence-electron chi connectivity index (χ4n) is 5.97. The molecule has 2 aliphatic carbocycles. The van der Waals surface area contributed by atoms with Crippen LogP contribution in [0.1, 0.15) is 17.5 Å². The Morgan fingerprint density at radius 1 is 0.931 bits per heavy atom. The predicted octanol–water partition coefficient (Wildman–Crippen LogP) is 3.51. The molecule has 2 aromatic carbocycles. The van der Waals surface area contributed by atoms with Crippen LogP contribution in [0.3, 0.4) is 0 Å². The number of benzene rings is 2. The molecule has 6 rings (SSSR count). The summed E-state index contributed by atoms with van der Waals surface area (Å²) in [5.41, 5.74) is 2.84. The molecular weight excluding hydrogens is 388 g/mol. The van der Waals surface area contributed by atoms with Crippen molar-refractivity contribution < 1.29 is 14.4 Å². The van der Waals surface area contributed by atoms with Gasteiger partial charge in [-0.25, -0.2) is 0 Å². The molecule has 2 bridgehead atoms. The molecule has 0 spiro atoms. The fourth-order valence-corrected chi connectivity index (χ4v) is 6.09. The van der Waals surface area contributed by atoms with Gasteiger partial charge in [-0.3, -0.25) is 14.5 Å². The molecule has 146 valence electrons. The second-order valence-corrected chi connectivity index (χ2v) is 8.88. The maximum atomic E-state index is 13.3. The van der Waals surface area contributed by atoms with E-state index in [-0.39, 0.29) is 47.5 Å². The molecule has 6 heteroatoms. The summed E-state index contributed by atoms with van der Waals surface area (Å²) in [5, 5.41) is 5.03. The number of halogens is 1. The van der Waals surface area contributed by atoms with Crippen molar-refractivity contribution in [3.8, 4) is 0 Å². The highest BCUT2D eigenvalue weighted by molar-refractivity contribution is 6.30. The zero-order valence-electron chi connectivity index (χ0n) is 15.6. The third-order valence-electron chi connectivity index (χ3n) is 7.11. The molecule has 0 N–H and O–H groups in total. The van der Waals surface area contributed by atoms with Crippen LogP contribution in [0.2, 0.25) is 5.02 Å². The molecule has 0 unspecified atom stereocenters. The van der Waals surface area contributed by atoms with E-state index in [2.05, 4.69) is 5.16 Å². The monoisotopic (exact) mass is 406 g/mol. The van der Waals surface area contributed by atoms with Crippen LogP contribution in [0.5, 0.6) is 0 Å². The van der Waals surface area contributed by atoms with Crippen molar-refractivity contribution in [2.24, 2.45) is 34.7 Å². The number of likely N-dealkylation sites (tertiary alicyclic amines) is 1. The summed E-state index contributed by atoms with van der Waals surface area (Å²) in [6, 6.07) is 17.3. The Morgan fingerprint density at radius 2 is 1.62 bits per heavy atom. The highest BCUT2D eigenvalue weighted by atomic mass is 35.5. The zero-order valence-corrected chi connectivity index (χ0v) is 16.3. The van der Waals surface area contributed by atoms with E-state index in [9.17, 15) is 9.59 Å². The maximum Gasteiger partial charge on any atom is 0.233 e. The highest BCUT2D eigenvalue weighted by Gasteiger charge is 2.70. The summed E-state index contributed by atoms with van der Waals surface area (Å²) < 4.78 is 0. The molecule has 2 amide bonds. The molecule has 6 atom stereocenters. The normalized spacial score (nSPS) is 34.2. The minimum atomic E-state index is -0.266. The van der Waals surface area contributed by atoms with E-state index in [4.69, 9.17) is 16.4 Å². The smallest absolute Gasteiger partial charge is 0.233 e. The second kappa shape index (κ2) is 6.17. The fraction of sp³-hybridized carbons (Fsp3) is 0.348. The summed E-state index contributed by atoms with van der Waals surface area (Å²) in [4.78, 5) is 33.7. The van der Waals surface area contributed by atoms with E-state index >= 15 is 0 Å². The Bertz CT molecular complexity index is 1040. The maximum absolute atomic E-state index is 13.3. The highest BCUT2D eigenvalue weighted by Crippen LogP contribution is 2.61. The van der Waals surface area contributed by atoms with Gasteiger partial charge in [0.2, 0.25) is 11.8 Å². The molecule has 2 aliphatic heterocycles. The topological polar surface area (TPSA) is 59.0 Å². The van der Waals surface area contributed by atoms with Crippen LogP contribution < -0.4 is 0 Å². The molecule has 4 aliphatic rings. The first-order valence-corrected chi connectivity index (χ1v) is 10.4. The number of rotatable bonds is 3. The average molecular weight is 407 g/mol. The number of fused-ring (bicyclic) bond motifs is 8. The van der Waals surface area contributed by atoms with Crippen LogP contribution in [0.4, 0.5) is 0 Å². The van der Waals surface area contributed by atoms with Crippen molar-refractivity contribution in [1.82, 2.24) is 4.90 Å². The number of hydrogen-bond donors (Lipinski definition) is 0. The lowest BCUT2D eigenvalue weighted by Gasteiger charge is -2.29. The summed E-state index contributed by atoms with van der Waals surface area (Å²) in [7, 11) is 0. The third-order valence-corrected chi connectivity index (χ3v) is 7.36. The number of nitrogens with zero attached hydrogens (tertiary/aromatic N) is 2. The Morgan fingerprint density at radius 3 is 2.34 bits per heavy atom. The third kappa shape index (κ3) is 2.37. The molecule has 2 saturated carbocycles. The van der Waals surface area contributed by atoms with Gasteiger partial charge in [-0.15, -0.1) is 0 Å². The van der Waals surface area contributed by atoms with Crippen LogP contribution in [0.15, 0.2) is 59.8 Å². The van der Waals surface area contributed by atoms with Gasteiger partial charge in [0.15, 0.2) is 0 Å². The summed E-state index contributed by atoms with van der Waals surface area (Å²) in [5.74, 6) is -0.370. The molecule has 3 fully saturated rings. The molecule has 2 heterocycles. The van der Waals surface area contributed by atoms with E-state index < -0.39 is 0 Å². The van der Waals surface area contributed by atoms with Gasteiger partial charge in [0, 0.05) is 16.9 Å². The molecule has 1 saturated heterocycles. The van der Waals surface area contributed by atoms with Gasteiger partial charge in [-0.2, -0.15) is 0 Å². The Labute approximate surface area is 173 Å². The van der Waals surface area contributed by atoms with Crippen molar-refractivity contribution >= 4 is 29.1 Å². The van der Waals surface area contributed by atoms with E-state index in [0.717, 1.165) is 23.3 Å². The zero-order chi connectivity index (χ0) is 19.7. The van der Waals surface area contributed by atoms with Crippen molar-refractivity contribution in [2.45, 2.75) is 19.1 Å². The lowest BCUT2D eigenvalue weighted by atomic mass is 9.71. The lowest BCUT2D eigenvalue weighted by molar-refractivity contribution is -0.141. The summed E-state index contributed by atoms with van der Waals surface area (Å²) >= 11 is 6.02. The van der Waals surface area contributed by atoms with Gasteiger partial charge in [0.05, 0.1) is 24.1 Å². The minimum Gasteiger partial charge on any atom is -0.391 e. The first-order valence-electron chi connectivity index (χ1n) is 10.0. The molecule has 0 radical (unpaired) electrons. The Hall–Kier alpha value is -2.66. The van der Waals surface area contributed by atoms with Crippen molar-refractivity contribution in [3.05, 3.63) is 70.7 Å². The van der Waals surface area contributed by atoms with Crippen LogP contribution in [0, 0.1) is 29.6 Å². The van der Waals surface area contributed by atoms with E-state index in [1.165, 1.54) is 4.90 Å². The number of oxime groups is 1. The molecule has 2 aromatic rings. The largest absolute Gasteiger partial charge is 0.391 e. The number of carbonyl (C=O) groups excluding carboxylic acids is 2. The van der Waals surface area contributed by atoms with Gasteiger partial charge in [-0.1, -0.05) is 59.2 Å². The van der Waals surface area contributed by atoms with Crippen LogP contribution in [0.25, 0.3) is 0 Å². The van der Waals surface area contributed by atoms with E-state index in [1.54, 1.807) is 0 Å². The number of hydrogen-bond acceptors (Lipinski definition) is 4. The number of amides is 2. The van der Waals surface area contributed by atoms with Gasteiger partial charge < -0.3 is 4.84 Å². The predicted molar refractivity (Wildman–Crippen MR) is 107 cm³/mol. The van der Waals surface area contributed by atoms with E-state index in [1.807, 2.05) is 54.6 Å². The van der Waals surface area contributed by atoms with Gasteiger partial charge in [-0.05, 0) is 35.6 Å². The average Bonchev–Trinajstić information content (AvgIpc) is 3.47. The number of imide groups is 1. The van der Waals surface area contributed by atoms with Gasteiger partial charge in [0.25, 0.3) is 0 Å². The first-order chi connectivity index (χ1) is 14.1. The summed E-state index contributed by atoms with van der Waals surface area (Å²) in [6.07, 6.45) is 0.744. The van der Waals surface area contributed by atoms with Gasteiger partial charge >= 0.3 is 0 Å². The number of carbonyl (C=O) groups is 2. The standard InChI is InChI=1S/C23H19ClN2O3/c24-14-8-6-13(7-9-14)20-19-15-10-16(21(19)29-25-20)18-17(15)22(27)26(23(18)28)11-12-4-2-1-3-5-12/h1-9,15-19,21H,10-11H2/t15-,16+,17+,18-,19+,21+/m0/s1. The molecule has 0 aromatic heterocycles. The Kier molecular flexibility index (Phi) is 3.66. The summed E-state index contributed by atoms with van der Waals surface area (Å²) in [6.45, 7) is 0.346.